The molecular weight excluding hydrogens is 532 g/mol. The quantitative estimate of drug-likeness (QED) is 0.115. The number of carbonyl (C=O) groups excluding carboxylic acids is 1. The first-order valence-corrected chi connectivity index (χ1v) is 13.8. The van der Waals surface area contributed by atoms with Crippen LogP contribution < -0.4 is 28.7 Å². The molecule has 3 rings (SSSR count). The number of ether oxygens (including phenoxy) is 4. The zero-order valence-electron chi connectivity index (χ0n) is 23.0. The molecule has 2 saturated heterocycles. The summed E-state index contributed by atoms with van der Waals surface area (Å²) in [5, 5.41) is 53.1. The highest BCUT2D eigenvalue weighted by Crippen LogP contribution is 2.31. The second-order valence-electron chi connectivity index (χ2n) is 11.0. The van der Waals surface area contributed by atoms with Gasteiger partial charge in [-0.05, 0) is 12.8 Å². The lowest BCUT2D eigenvalue weighted by Gasteiger charge is -2.48. The molecule has 0 aromatic heterocycles. The van der Waals surface area contributed by atoms with E-state index in [1.807, 2.05) is 6.92 Å². The van der Waals surface area contributed by atoms with Crippen LogP contribution in [0.3, 0.4) is 0 Å². The highest BCUT2D eigenvalue weighted by molar-refractivity contribution is 5.73. The molecule has 15 atom stereocenters. The van der Waals surface area contributed by atoms with E-state index in [0.29, 0.717) is 6.54 Å². The van der Waals surface area contributed by atoms with Crippen molar-refractivity contribution >= 4 is 5.91 Å². The third-order valence-electron chi connectivity index (χ3n) is 8.01. The lowest BCUT2D eigenvalue weighted by molar-refractivity contribution is -0.317. The highest BCUT2D eigenvalue weighted by atomic mass is 16.7. The largest absolute Gasteiger partial charge is 0.389 e. The van der Waals surface area contributed by atoms with Crippen molar-refractivity contribution in [3.05, 3.63) is 0 Å². The third kappa shape index (κ3) is 7.27. The van der Waals surface area contributed by atoms with Crippen LogP contribution in [-0.2, 0) is 23.7 Å². The fourth-order valence-corrected chi connectivity index (χ4v) is 5.39. The average molecular weight is 581 g/mol. The molecule has 16 nitrogen and oxygen atoms in total. The van der Waals surface area contributed by atoms with E-state index in [-0.39, 0.29) is 25.4 Å². The summed E-state index contributed by atoms with van der Waals surface area (Å²) in [6.07, 6.45) is -12.2. The second kappa shape index (κ2) is 14.4. The van der Waals surface area contributed by atoms with Crippen molar-refractivity contribution in [1.82, 2.24) is 4.90 Å². The van der Waals surface area contributed by atoms with Crippen molar-refractivity contribution < 1.29 is 49.3 Å². The first-order valence-electron chi connectivity index (χ1n) is 13.8. The van der Waals surface area contributed by atoms with Crippen molar-refractivity contribution in [3.63, 3.8) is 0 Å². The number of hydrogen-bond acceptors (Lipinski definition) is 15. The number of amides is 1. The van der Waals surface area contributed by atoms with E-state index in [4.69, 9.17) is 47.6 Å². The fourth-order valence-electron chi connectivity index (χ4n) is 5.39. The Kier molecular flexibility index (Phi) is 12.0. The Morgan fingerprint density at radius 3 is 1.95 bits per heavy atom. The molecule has 0 aromatic rings. The SMILES string of the molecule is CCCCN(C[C@H]1O[C@H](O[C@@H]2[C@@H](O)[C@H](O[C@H]3O[C@H](CN)[C@@H](O)[C@H](O)[C@H]3N)[C@@H](N)C[C@H]2N)[C@H](O)[C@@H](N)[C@@H]1O)C(C)=O. The van der Waals surface area contributed by atoms with Crippen molar-refractivity contribution in [1.29, 1.82) is 0 Å². The van der Waals surface area contributed by atoms with Gasteiger partial charge >= 0.3 is 0 Å². The molecule has 234 valence electrons. The lowest BCUT2D eigenvalue weighted by atomic mass is 9.84. The van der Waals surface area contributed by atoms with E-state index >= 15 is 0 Å². The molecule has 2 aliphatic heterocycles. The minimum atomic E-state index is -1.49. The third-order valence-corrected chi connectivity index (χ3v) is 8.01. The van der Waals surface area contributed by atoms with E-state index in [2.05, 4.69) is 0 Å². The predicted octanol–water partition coefficient (Wildman–Crippen LogP) is -5.67. The Balaban J connectivity index is 1.73. The van der Waals surface area contributed by atoms with E-state index in [1.54, 1.807) is 0 Å². The summed E-state index contributed by atoms with van der Waals surface area (Å²) in [6.45, 7) is 3.74. The Hall–Kier alpha value is -1.09. The van der Waals surface area contributed by atoms with Gasteiger partial charge in [0, 0.05) is 38.6 Å². The summed E-state index contributed by atoms with van der Waals surface area (Å²) in [5.74, 6) is -0.210. The lowest BCUT2D eigenvalue weighted by Crippen LogP contribution is -2.69. The molecule has 0 unspecified atom stereocenters. The number of aliphatic hydroxyl groups is 5. The standard InChI is InChI=1S/C24H48N6O10/c1-3-4-5-30(9(2)31)8-13-16(32)14(28)19(35)24(38-13)40-22-11(27)6-10(26)21(20(22)36)39-23-15(29)18(34)17(33)12(7-25)37-23/h10-24,32-36H,3-8,25-29H2,1-2H3/t10-,11+,12+,13+,14-,15+,16+,17+,18+,19+,20-,21+,22-,23+,24+/m0/s1. The fraction of sp³-hybridized carbons (Fsp3) is 0.958. The number of nitrogens with two attached hydrogens (primary N) is 5. The van der Waals surface area contributed by atoms with Gasteiger partial charge < -0.3 is 78.0 Å². The van der Waals surface area contributed by atoms with Crippen LogP contribution in [0.1, 0.15) is 33.1 Å². The van der Waals surface area contributed by atoms with Crippen molar-refractivity contribution in [3.8, 4) is 0 Å². The molecule has 0 spiro atoms. The summed E-state index contributed by atoms with van der Waals surface area (Å²) in [7, 11) is 0. The first kappa shape index (κ1) is 33.4. The molecule has 40 heavy (non-hydrogen) atoms. The van der Waals surface area contributed by atoms with Gasteiger partial charge in [0.05, 0.1) is 18.2 Å². The number of hydrogen-bond donors (Lipinski definition) is 10. The molecule has 1 aliphatic carbocycles. The maximum atomic E-state index is 12.1. The zero-order valence-corrected chi connectivity index (χ0v) is 23.0. The Morgan fingerprint density at radius 2 is 1.40 bits per heavy atom. The number of aliphatic hydroxyl groups excluding tert-OH is 5. The molecule has 1 saturated carbocycles. The number of rotatable bonds is 10. The van der Waals surface area contributed by atoms with Gasteiger partial charge in [-0.25, -0.2) is 0 Å². The molecule has 0 bridgehead atoms. The molecule has 3 aliphatic rings. The van der Waals surface area contributed by atoms with Gasteiger partial charge in [0.25, 0.3) is 0 Å². The number of nitrogens with zero attached hydrogens (tertiary/aromatic N) is 1. The normalized spacial score (nSPS) is 46.2. The van der Waals surface area contributed by atoms with Crippen LogP contribution in [0, 0.1) is 0 Å². The summed E-state index contributed by atoms with van der Waals surface area (Å²) in [4.78, 5) is 13.7. The second-order valence-corrected chi connectivity index (χ2v) is 11.0. The van der Waals surface area contributed by atoms with Crippen LogP contribution in [0.25, 0.3) is 0 Å². The summed E-state index contributed by atoms with van der Waals surface area (Å²) < 4.78 is 23.3. The summed E-state index contributed by atoms with van der Waals surface area (Å²) >= 11 is 0. The number of unbranched alkanes of at least 4 members (excludes halogenated alkanes) is 1. The van der Waals surface area contributed by atoms with Gasteiger partial charge in [-0.15, -0.1) is 0 Å². The van der Waals surface area contributed by atoms with E-state index in [1.165, 1.54) is 11.8 Å². The maximum absolute atomic E-state index is 12.1. The maximum Gasteiger partial charge on any atom is 0.219 e. The average Bonchev–Trinajstić information content (AvgIpc) is 2.91. The van der Waals surface area contributed by atoms with Crippen LogP contribution in [0.4, 0.5) is 0 Å². The van der Waals surface area contributed by atoms with Gasteiger partial charge in [-0.2, -0.15) is 0 Å². The van der Waals surface area contributed by atoms with E-state index in [9.17, 15) is 30.3 Å². The van der Waals surface area contributed by atoms with Gasteiger partial charge in [-0.1, -0.05) is 13.3 Å². The van der Waals surface area contributed by atoms with Gasteiger partial charge in [0.2, 0.25) is 5.91 Å². The van der Waals surface area contributed by atoms with E-state index in [0.717, 1.165) is 12.8 Å². The molecule has 0 radical (unpaired) electrons. The molecular formula is C24H48N6O10. The Bertz CT molecular complexity index is 816. The van der Waals surface area contributed by atoms with Gasteiger partial charge in [0.15, 0.2) is 12.6 Å². The Labute approximate surface area is 233 Å². The van der Waals surface area contributed by atoms with Crippen LogP contribution in [0.15, 0.2) is 0 Å². The van der Waals surface area contributed by atoms with E-state index < -0.39 is 91.7 Å². The van der Waals surface area contributed by atoms with Crippen molar-refractivity contribution in [2.75, 3.05) is 19.6 Å². The van der Waals surface area contributed by atoms with Gasteiger partial charge in [-0.3, -0.25) is 4.79 Å². The highest BCUT2D eigenvalue weighted by Gasteiger charge is 2.51. The molecule has 15 N–H and O–H groups in total. The molecule has 1 amide bonds. The monoisotopic (exact) mass is 580 g/mol. The summed E-state index contributed by atoms with van der Waals surface area (Å²) in [6, 6.07) is -3.96. The van der Waals surface area contributed by atoms with Crippen molar-refractivity contribution in [2.45, 2.75) is 125 Å². The molecule has 16 heteroatoms. The molecule has 2 heterocycles. The Morgan fingerprint density at radius 1 is 0.825 bits per heavy atom. The minimum Gasteiger partial charge on any atom is -0.389 e. The van der Waals surface area contributed by atoms with Gasteiger partial charge in [0.1, 0.15) is 48.8 Å². The zero-order chi connectivity index (χ0) is 29.9. The van der Waals surface area contributed by atoms with Crippen LogP contribution >= 0.6 is 0 Å². The smallest absolute Gasteiger partial charge is 0.219 e. The minimum absolute atomic E-state index is 0.0139. The first-order chi connectivity index (χ1) is 18.8. The van der Waals surface area contributed by atoms with Crippen LogP contribution in [-0.4, -0.2) is 148 Å². The predicted molar refractivity (Wildman–Crippen MR) is 140 cm³/mol. The topological polar surface area (TPSA) is 288 Å². The molecule has 0 aromatic carbocycles. The van der Waals surface area contributed by atoms with Crippen LogP contribution in [0.5, 0.6) is 0 Å². The van der Waals surface area contributed by atoms with Crippen molar-refractivity contribution in [2.24, 2.45) is 28.7 Å². The van der Waals surface area contributed by atoms with Crippen LogP contribution in [0.2, 0.25) is 0 Å². The molecule has 3 fully saturated rings. The number of carbonyl (C=O) groups is 1. The summed E-state index contributed by atoms with van der Waals surface area (Å²) in [5.41, 5.74) is 30.2.